The van der Waals surface area contributed by atoms with E-state index in [2.05, 4.69) is 50.4 Å². The summed E-state index contributed by atoms with van der Waals surface area (Å²) in [6.07, 6.45) is 2.38. The third-order valence-electron chi connectivity index (χ3n) is 3.96. The molecule has 21 heavy (non-hydrogen) atoms. The molecule has 0 spiro atoms. The molecule has 0 saturated carbocycles. The lowest BCUT2D eigenvalue weighted by molar-refractivity contribution is 0.489. The average molecular weight is 311 g/mol. The zero-order valence-corrected chi connectivity index (χ0v) is 14.9. The van der Waals surface area contributed by atoms with Gasteiger partial charge in [-0.3, -0.25) is 0 Å². The average Bonchev–Trinajstić information content (AvgIpc) is 2.35. The molecule has 1 rings (SSSR count). The predicted molar refractivity (Wildman–Crippen MR) is 90.3 cm³/mol. The molecule has 1 N–H and O–H groups in total. The van der Waals surface area contributed by atoms with Crippen molar-refractivity contribution in [1.82, 2.24) is 5.32 Å². The van der Waals surface area contributed by atoms with E-state index in [4.69, 9.17) is 0 Å². The first kappa shape index (κ1) is 18.2. The molecule has 120 valence electrons. The second-order valence-corrected chi connectivity index (χ2v) is 9.62. The van der Waals surface area contributed by atoms with Crippen LogP contribution >= 0.6 is 0 Å². The zero-order valence-electron chi connectivity index (χ0n) is 14.1. The Hall–Kier alpha value is -0.870. The summed E-state index contributed by atoms with van der Waals surface area (Å²) in [5.41, 5.74) is 2.53. The second kappa shape index (κ2) is 6.93. The first-order chi connectivity index (χ1) is 9.53. The minimum absolute atomic E-state index is 0.138. The molecule has 1 atom stereocenters. The first-order valence-electron chi connectivity index (χ1n) is 7.55. The van der Waals surface area contributed by atoms with Crippen LogP contribution in [0.25, 0.3) is 0 Å². The molecule has 0 aliphatic heterocycles. The molecular weight excluding hydrogens is 282 g/mol. The Morgan fingerprint density at radius 3 is 2.05 bits per heavy atom. The van der Waals surface area contributed by atoms with E-state index >= 15 is 0 Å². The Bertz CT molecular complexity index is 545. The van der Waals surface area contributed by atoms with E-state index < -0.39 is 14.6 Å². The number of nitrogens with one attached hydrogen (secondary N) is 1. The maximum atomic E-state index is 11.7. The van der Waals surface area contributed by atoms with E-state index in [0.29, 0.717) is 12.5 Å². The Kier molecular flexibility index (Phi) is 6.00. The molecule has 0 radical (unpaired) electrons. The van der Waals surface area contributed by atoms with Gasteiger partial charge in [-0.05, 0) is 44.2 Å². The van der Waals surface area contributed by atoms with Crippen LogP contribution in [0.15, 0.2) is 24.3 Å². The summed E-state index contributed by atoms with van der Waals surface area (Å²) in [6.45, 7) is 10.5. The van der Waals surface area contributed by atoms with Gasteiger partial charge >= 0.3 is 0 Å². The quantitative estimate of drug-likeness (QED) is 0.840. The molecule has 0 aliphatic carbocycles. The molecule has 0 heterocycles. The zero-order chi connectivity index (χ0) is 16.3. The van der Waals surface area contributed by atoms with Crippen molar-refractivity contribution >= 4 is 9.84 Å². The van der Waals surface area contributed by atoms with Crippen LogP contribution in [-0.2, 0) is 16.3 Å². The SMILES string of the molecule is CC(C)Cc1ccc(C(C)NCC(C)(C)S(C)(=O)=O)cc1. The fourth-order valence-corrected chi connectivity index (χ4v) is 2.41. The monoisotopic (exact) mass is 311 g/mol. The lowest BCUT2D eigenvalue weighted by Gasteiger charge is -2.25. The van der Waals surface area contributed by atoms with Crippen LogP contribution in [0.5, 0.6) is 0 Å². The van der Waals surface area contributed by atoms with Crippen molar-refractivity contribution in [3.63, 3.8) is 0 Å². The molecule has 0 amide bonds. The van der Waals surface area contributed by atoms with Gasteiger partial charge in [0, 0.05) is 18.8 Å². The third kappa shape index (κ3) is 5.44. The van der Waals surface area contributed by atoms with Crippen molar-refractivity contribution in [1.29, 1.82) is 0 Å². The standard InChI is InChI=1S/C17H29NO2S/c1-13(2)11-15-7-9-16(10-8-15)14(3)18-12-17(4,5)21(6,19)20/h7-10,13-14,18H,11-12H2,1-6H3. The topological polar surface area (TPSA) is 46.2 Å². The van der Waals surface area contributed by atoms with Gasteiger partial charge in [-0.1, -0.05) is 38.1 Å². The molecule has 1 unspecified atom stereocenters. The number of hydrogen-bond donors (Lipinski definition) is 1. The molecule has 0 saturated heterocycles. The minimum Gasteiger partial charge on any atom is -0.309 e. The molecular formula is C17H29NO2S. The van der Waals surface area contributed by atoms with Crippen molar-refractivity contribution in [2.75, 3.05) is 12.8 Å². The molecule has 0 bridgehead atoms. The molecule has 1 aromatic carbocycles. The smallest absolute Gasteiger partial charge is 0.153 e. The Morgan fingerprint density at radius 1 is 1.10 bits per heavy atom. The third-order valence-corrected chi connectivity index (χ3v) is 6.11. The summed E-state index contributed by atoms with van der Waals surface area (Å²) >= 11 is 0. The van der Waals surface area contributed by atoms with Crippen molar-refractivity contribution in [2.24, 2.45) is 5.92 Å². The molecule has 0 aromatic heterocycles. The van der Waals surface area contributed by atoms with Crippen LogP contribution < -0.4 is 5.32 Å². The van der Waals surface area contributed by atoms with Gasteiger partial charge in [-0.25, -0.2) is 8.42 Å². The van der Waals surface area contributed by atoms with Crippen molar-refractivity contribution in [2.45, 2.75) is 51.8 Å². The highest BCUT2D eigenvalue weighted by atomic mass is 32.2. The van der Waals surface area contributed by atoms with Crippen LogP contribution in [0, 0.1) is 5.92 Å². The Labute approximate surface area is 130 Å². The van der Waals surface area contributed by atoms with Crippen molar-refractivity contribution in [3.05, 3.63) is 35.4 Å². The molecule has 3 nitrogen and oxygen atoms in total. The highest BCUT2D eigenvalue weighted by molar-refractivity contribution is 7.92. The minimum atomic E-state index is -3.06. The maximum Gasteiger partial charge on any atom is 0.153 e. The van der Waals surface area contributed by atoms with Gasteiger partial charge in [0.15, 0.2) is 9.84 Å². The fraction of sp³-hybridized carbons (Fsp3) is 0.647. The molecule has 0 aliphatic rings. The Balaban J connectivity index is 2.66. The molecule has 1 aromatic rings. The van der Waals surface area contributed by atoms with Gasteiger partial charge in [-0.2, -0.15) is 0 Å². The van der Waals surface area contributed by atoms with Gasteiger partial charge in [0.05, 0.1) is 4.75 Å². The number of hydrogen-bond acceptors (Lipinski definition) is 3. The van der Waals surface area contributed by atoms with E-state index in [9.17, 15) is 8.42 Å². The lowest BCUT2D eigenvalue weighted by Crippen LogP contribution is -2.42. The molecule has 0 fully saturated rings. The van der Waals surface area contributed by atoms with Gasteiger partial charge in [0.1, 0.15) is 0 Å². The van der Waals surface area contributed by atoms with E-state index in [0.717, 1.165) is 6.42 Å². The number of benzene rings is 1. The summed E-state index contributed by atoms with van der Waals surface area (Å²) in [5, 5.41) is 3.33. The predicted octanol–water partition coefficient (Wildman–Crippen LogP) is 3.36. The fourth-order valence-electron chi connectivity index (χ4n) is 2.06. The molecule has 4 heteroatoms. The highest BCUT2D eigenvalue weighted by Gasteiger charge is 2.30. The summed E-state index contributed by atoms with van der Waals surface area (Å²) in [5.74, 6) is 0.655. The summed E-state index contributed by atoms with van der Waals surface area (Å²) in [6, 6.07) is 8.72. The van der Waals surface area contributed by atoms with E-state index in [1.807, 2.05) is 0 Å². The van der Waals surface area contributed by atoms with Crippen LogP contribution in [0.2, 0.25) is 0 Å². The summed E-state index contributed by atoms with van der Waals surface area (Å²) in [4.78, 5) is 0. The normalized spacial score (nSPS) is 14.4. The van der Waals surface area contributed by atoms with Crippen LogP contribution in [0.1, 0.15) is 51.8 Å². The first-order valence-corrected chi connectivity index (χ1v) is 9.44. The van der Waals surface area contributed by atoms with E-state index in [1.165, 1.54) is 17.4 Å². The lowest BCUT2D eigenvalue weighted by atomic mass is 10.00. The van der Waals surface area contributed by atoms with Gasteiger partial charge < -0.3 is 5.32 Å². The second-order valence-electron chi connectivity index (χ2n) is 6.97. The highest BCUT2D eigenvalue weighted by Crippen LogP contribution is 2.18. The summed E-state index contributed by atoms with van der Waals surface area (Å²) in [7, 11) is -3.06. The van der Waals surface area contributed by atoms with E-state index in [-0.39, 0.29) is 6.04 Å². The number of sulfone groups is 1. The van der Waals surface area contributed by atoms with Crippen molar-refractivity contribution in [3.8, 4) is 0 Å². The largest absolute Gasteiger partial charge is 0.309 e. The van der Waals surface area contributed by atoms with Crippen LogP contribution in [0.4, 0.5) is 0 Å². The van der Waals surface area contributed by atoms with Crippen LogP contribution in [0.3, 0.4) is 0 Å². The summed E-state index contributed by atoms with van der Waals surface area (Å²) < 4.78 is 22.7. The van der Waals surface area contributed by atoms with E-state index in [1.54, 1.807) is 13.8 Å². The van der Waals surface area contributed by atoms with Crippen molar-refractivity contribution < 1.29 is 8.42 Å². The van der Waals surface area contributed by atoms with Gasteiger partial charge in [0.2, 0.25) is 0 Å². The van der Waals surface area contributed by atoms with Gasteiger partial charge in [0.25, 0.3) is 0 Å². The van der Waals surface area contributed by atoms with Gasteiger partial charge in [-0.15, -0.1) is 0 Å². The number of rotatable bonds is 7. The van der Waals surface area contributed by atoms with Crippen LogP contribution in [-0.4, -0.2) is 26.0 Å². The Morgan fingerprint density at radius 2 is 1.62 bits per heavy atom. The maximum absolute atomic E-state index is 11.7.